The molecule has 0 bridgehead atoms. The lowest BCUT2D eigenvalue weighted by Crippen LogP contribution is -1.80. The standard InChI is InChI=1S/C16H29N3/c1-2-3-4-5-6-7-8-9-10-11-12-13-14-15-16-18-19-17/h6-7,9-10H,2-5,8,11-16H2,1H3/b7-6-,10-9-. The molecule has 0 aliphatic heterocycles. The molecule has 3 heteroatoms. The van der Waals surface area contributed by atoms with E-state index in [4.69, 9.17) is 5.53 Å². The summed E-state index contributed by atoms with van der Waals surface area (Å²) in [7, 11) is 0. The number of rotatable bonds is 13. The van der Waals surface area contributed by atoms with Crippen LogP contribution in [0.15, 0.2) is 29.4 Å². The van der Waals surface area contributed by atoms with Crippen LogP contribution in [0.2, 0.25) is 0 Å². The van der Waals surface area contributed by atoms with Crippen molar-refractivity contribution < 1.29 is 0 Å². The average Bonchev–Trinajstić information content (AvgIpc) is 2.43. The van der Waals surface area contributed by atoms with E-state index in [1.807, 2.05) is 0 Å². The van der Waals surface area contributed by atoms with Crippen molar-refractivity contribution in [3.8, 4) is 0 Å². The molecule has 0 aromatic heterocycles. The van der Waals surface area contributed by atoms with E-state index >= 15 is 0 Å². The van der Waals surface area contributed by atoms with Gasteiger partial charge in [0.1, 0.15) is 0 Å². The fraction of sp³-hybridized carbons (Fsp3) is 0.750. The molecule has 0 amide bonds. The van der Waals surface area contributed by atoms with E-state index < -0.39 is 0 Å². The van der Waals surface area contributed by atoms with E-state index in [9.17, 15) is 0 Å². The predicted octanol–water partition coefficient (Wildman–Crippen LogP) is 6.33. The number of nitrogens with zero attached hydrogens (tertiary/aromatic N) is 3. The summed E-state index contributed by atoms with van der Waals surface area (Å²) in [4.78, 5) is 2.74. The van der Waals surface area contributed by atoms with Gasteiger partial charge in [-0.1, -0.05) is 62.0 Å². The lowest BCUT2D eigenvalue weighted by atomic mass is 10.1. The Labute approximate surface area is 118 Å². The van der Waals surface area contributed by atoms with Crippen LogP contribution in [0.3, 0.4) is 0 Å². The van der Waals surface area contributed by atoms with E-state index in [1.165, 1.54) is 51.4 Å². The maximum absolute atomic E-state index is 8.11. The molecule has 0 spiro atoms. The third-order valence-corrected chi connectivity index (χ3v) is 3.02. The molecule has 0 aromatic carbocycles. The minimum absolute atomic E-state index is 0.648. The van der Waals surface area contributed by atoms with Gasteiger partial charge in [-0.2, -0.15) is 0 Å². The van der Waals surface area contributed by atoms with Gasteiger partial charge in [-0.3, -0.25) is 0 Å². The van der Waals surface area contributed by atoms with E-state index in [0.717, 1.165) is 12.8 Å². The van der Waals surface area contributed by atoms with Crippen molar-refractivity contribution in [1.82, 2.24) is 0 Å². The fourth-order valence-electron chi connectivity index (χ4n) is 1.86. The number of azide groups is 1. The van der Waals surface area contributed by atoms with Gasteiger partial charge in [0.2, 0.25) is 0 Å². The monoisotopic (exact) mass is 263 g/mol. The lowest BCUT2D eigenvalue weighted by molar-refractivity contribution is 0.651. The van der Waals surface area contributed by atoms with Crippen molar-refractivity contribution in [2.24, 2.45) is 5.11 Å². The van der Waals surface area contributed by atoms with E-state index in [0.29, 0.717) is 6.54 Å². The summed E-state index contributed by atoms with van der Waals surface area (Å²) >= 11 is 0. The number of hydrogen-bond acceptors (Lipinski definition) is 1. The molecule has 0 aromatic rings. The molecule has 19 heavy (non-hydrogen) atoms. The lowest BCUT2D eigenvalue weighted by Gasteiger charge is -1.95. The highest BCUT2D eigenvalue weighted by Gasteiger charge is 1.87. The van der Waals surface area contributed by atoms with Crippen molar-refractivity contribution in [1.29, 1.82) is 0 Å². The number of hydrogen-bond donors (Lipinski definition) is 0. The van der Waals surface area contributed by atoms with Crippen molar-refractivity contribution >= 4 is 0 Å². The number of allylic oxidation sites excluding steroid dienone is 4. The van der Waals surface area contributed by atoms with Gasteiger partial charge < -0.3 is 0 Å². The second kappa shape index (κ2) is 16.8. The van der Waals surface area contributed by atoms with E-state index in [-0.39, 0.29) is 0 Å². The third kappa shape index (κ3) is 16.8. The zero-order valence-electron chi connectivity index (χ0n) is 12.4. The van der Waals surface area contributed by atoms with Crippen LogP contribution >= 0.6 is 0 Å². The molecule has 0 atom stereocenters. The van der Waals surface area contributed by atoms with Gasteiger partial charge in [0.15, 0.2) is 0 Å². The first kappa shape index (κ1) is 17.8. The predicted molar refractivity (Wildman–Crippen MR) is 84.1 cm³/mol. The second-order valence-electron chi connectivity index (χ2n) is 4.83. The van der Waals surface area contributed by atoms with Gasteiger partial charge in [0, 0.05) is 11.5 Å². The van der Waals surface area contributed by atoms with Gasteiger partial charge in [0.25, 0.3) is 0 Å². The van der Waals surface area contributed by atoms with Crippen LogP contribution in [0.1, 0.15) is 71.1 Å². The molecule has 0 saturated heterocycles. The molecule has 0 rings (SSSR count). The maximum atomic E-state index is 8.11. The Morgan fingerprint density at radius 3 is 2.11 bits per heavy atom. The summed E-state index contributed by atoms with van der Waals surface area (Å²) in [6.07, 6.45) is 21.2. The largest absolute Gasteiger partial charge is 0.0940 e. The zero-order chi connectivity index (χ0) is 14.0. The Kier molecular flexibility index (Phi) is 15.7. The molecule has 0 aliphatic rings. The first-order chi connectivity index (χ1) is 9.41. The van der Waals surface area contributed by atoms with Crippen LogP contribution in [0.4, 0.5) is 0 Å². The van der Waals surface area contributed by atoms with Crippen LogP contribution in [0.25, 0.3) is 10.4 Å². The smallest absolute Gasteiger partial charge is 0.0257 e. The molecule has 0 unspecified atom stereocenters. The molecule has 0 radical (unpaired) electrons. The van der Waals surface area contributed by atoms with Gasteiger partial charge in [-0.05, 0) is 44.1 Å². The molecule has 0 N–H and O–H groups in total. The SMILES string of the molecule is CCCCC/C=C\C/C=C\CCCCCCN=[N+]=[N-]. The summed E-state index contributed by atoms with van der Waals surface area (Å²) in [5.41, 5.74) is 8.11. The topological polar surface area (TPSA) is 48.8 Å². The molecular weight excluding hydrogens is 234 g/mol. The highest BCUT2D eigenvalue weighted by Crippen LogP contribution is 2.05. The Morgan fingerprint density at radius 2 is 1.47 bits per heavy atom. The van der Waals surface area contributed by atoms with Crippen molar-refractivity contribution in [2.75, 3.05) is 6.54 Å². The quantitative estimate of drug-likeness (QED) is 0.122. The van der Waals surface area contributed by atoms with E-state index in [1.54, 1.807) is 0 Å². The molecule has 0 saturated carbocycles. The Bertz CT molecular complexity index is 276. The molecule has 0 heterocycles. The van der Waals surface area contributed by atoms with Gasteiger partial charge in [-0.15, -0.1) is 0 Å². The summed E-state index contributed by atoms with van der Waals surface area (Å²) in [5, 5.41) is 3.53. The second-order valence-corrected chi connectivity index (χ2v) is 4.83. The molecule has 0 aliphatic carbocycles. The van der Waals surface area contributed by atoms with Crippen molar-refractivity contribution in [3.05, 3.63) is 34.7 Å². The normalized spacial score (nSPS) is 11.2. The zero-order valence-corrected chi connectivity index (χ0v) is 12.4. The van der Waals surface area contributed by atoms with Gasteiger partial charge >= 0.3 is 0 Å². The molecular formula is C16H29N3. The summed E-state index contributed by atoms with van der Waals surface area (Å²) in [6.45, 7) is 2.89. The van der Waals surface area contributed by atoms with Gasteiger partial charge in [-0.25, -0.2) is 0 Å². The molecule has 108 valence electrons. The Balaban J connectivity index is 3.18. The highest BCUT2D eigenvalue weighted by molar-refractivity contribution is 4.92. The Hall–Kier alpha value is -1.21. The summed E-state index contributed by atoms with van der Waals surface area (Å²) in [6, 6.07) is 0. The van der Waals surface area contributed by atoms with Crippen molar-refractivity contribution in [3.63, 3.8) is 0 Å². The highest BCUT2D eigenvalue weighted by atomic mass is 15.1. The number of unbranched alkanes of at least 4 members (excludes halogenated alkanes) is 7. The molecule has 0 fully saturated rings. The summed E-state index contributed by atoms with van der Waals surface area (Å²) in [5.74, 6) is 0. The first-order valence-electron chi connectivity index (χ1n) is 7.72. The summed E-state index contributed by atoms with van der Waals surface area (Å²) < 4.78 is 0. The van der Waals surface area contributed by atoms with E-state index in [2.05, 4.69) is 41.3 Å². The minimum atomic E-state index is 0.648. The Morgan fingerprint density at radius 1 is 0.842 bits per heavy atom. The first-order valence-corrected chi connectivity index (χ1v) is 7.72. The minimum Gasteiger partial charge on any atom is -0.0940 e. The van der Waals surface area contributed by atoms with Crippen LogP contribution < -0.4 is 0 Å². The molecule has 3 nitrogen and oxygen atoms in total. The van der Waals surface area contributed by atoms with Gasteiger partial charge in [0.05, 0.1) is 0 Å². The van der Waals surface area contributed by atoms with Crippen molar-refractivity contribution in [2.45, 2.75) is 71.1 Å². The fourth-order valence-corrected chi connectivity index (χ4v) is 1.86. The van der Waals surface area contributed by atoms with Crippen LogP contribution in [0, 0.1) is 0 Å². The van der Waals surface area contributed by atoms with Crippen LogP contribution in [0.5, 0.6) is 0 Å². The maximum Gasteiger partial charge on any atom is 0.0257 e. The average molecular weight is 263 g/mol. The van der Waals surface area contributed by atoms with Crippen LogP contribution in [-0.2, 0) is 0 Å². The third-order valence-electron chi connectivity index (χ3n) is 3.02. The van der Waals surface area contributed by atoms with Crippen LogP contribution in [-0.4, -0.2) is 6.54 Å².